The monoisotopic (exact) mass is 468 g/mol. The fourth-order valence-electron chi connectivity index (χ4n) is 4.28. The first-order valence-corrected chi connectivity index (χ1v) is 12.1. The molecule has 1 amide bonds. The van der Waals surface area contributed by atoms with E-state index in [-0.39, 0.29) is 18.0 Å². The van der Waals surface area contributed by atoms with Crippen LogP contribution in [0.2, 0.25) is 0 Å². The summed E-state index contributed by atoms with van der Waals surface area (Å²) in [6, 6.07) is 14.0. The molecule has 1 aliphatic heterocycles. The number of hydrogen-bond donors (Lipinski definition) is 1. The number of nitrogens with zero attached hydrogens (tertiary/aromatic N) is 3. The molecule has 1 aliphatic rings. The number of fused-ring (bicyclic) bond motifs is 1. The summed E-state index contributed by atoms with van der Waals surface area (Å²) in [6.45, 7) is 8.14. The predicted octanol–water partition coefficient (Wildman–Crippen LogP) is 3.87. The maximum atomic E-state index is 12.7. The third-order valence-corrected chi connectivity index (χ3v) is 7.48. The predicted molar refractivity (Wildman–Crippen MR) is 132 cm³/mol. The Morgan fingerprint density at radius 1 is 1.09 bits per heavy atom. The fourth-order valence-corrected chi connectivity index (χ4v) is 5.33. The first kappa shape index (κ1) is 23.5. The lowest BCUT2D eigenvalue weighted by molar-refractivity contribution is -0.123. The van der Waals surface area contributed by atoms with Crippen LogP contribution < -0.4 is 14.8 Å². The number of aromatic nitrogens is 1. The largest absolute Gasteiger partial charge is 0.497 e. The molecular weight excluding hydrogens is 436 g/mol. The van der Waals surface area contributed by atoms with E-state index >= 15 is 0 Å². The summed E-state index contributed by atoms with van der Waals surface area (Å²) >= 11 is 1.77. The van der Waals surface area contributed by atoms with Gasteiger partial charge in [-0.05, 0) is 44.2 Å². The second kappa shape index (κ2) is 10.5. The van der Waals surface area contributed by atoms with E-state index in [0.717, 1.165) is 53.8 Å². The highest BCUT2D eigenvalue weighted by atomic mass is 32.1. The van der Waals surface area contributed by atoms with Crippen molar-refractivity contribution in [3.8, 4) is 11.5 Å². The van der Waals surface area contributed by atoms with Gasteiger partial charge in [0, 0.05) is 31.7 Å². The number of para-hydroxylation sites is 1. The Labute approximate surface area is 199 Å². The molecule has 7 nitrogen and oxygen atoms in total. The number of piperazine rings is 1. The van der Waals surface area contributed by atoms with Gasteiger partial charge in [0.15, 0.2) is 0 Å². The Morgan fingerprint density at radius 3 is 2.55 bits per heavy atom. The van der Waals surface area contributed by atoms with Gasteiger partial charge in [-0.25, -0.2) is 4.98 Å². The summed E-state index contributed by atoms with van der Waals surface area (Å²) in [5, 5.41) is 4.26. The molecule has 1 fully saturated rings. The molecule has 0 saturated carbocycles. The average Bonchev–Trinajstić information content (AvgIpc) is 3.28. The zero-order chi connectivity index (χ0) is 23.4. The number of methoxy groups -OCH3 is 2. The van der Waals surface area contributed by atoms with Gasteiger partial charge < -0.3 is 14.8 Å². The molecule has 176 valence electrons. The molecular formula is C25H32N4O3S. The summed E-state index contributed by atoms with van der Waals surface area (Å²) in [5.74, 6) is 1.49. The van der Waals surface area contributed by atoms with Crippen LogP contribution in [0.25, 0.3) is 10.2 Å². The zero-order valence-electron chi connectivity index (χ0n) is 19.7. The van der Waals surface area contributed by atoms with Crippen molar-refractivity contribution < 1.29 is 14.3 Å². The van der Waals surface area contributed by atoms with Crippen molar-refractivity contribution in [2.75, 3.05) is 46.9 Å². The number of thiazole rings is 1. The van der Waals surface area contributed by atoms with E-state index in [1.54, 1.807) is 25.6 Å². The number of hydrogen-bond acceptors (Lipinski definition) is 7. The number of nitrogens with one attached hydrogen (secondary N) is 1. The number of ether oxygens (including phenoxy) is 2. The lowest BCUT2D eigenvalue weighted by Crippen LogP contribution is -2.50. The van der Waals surface area contributed by atoms with E-state index in [0.29, 0.717) is 6.54 Å². The number of benzene rings is 2. The average molecular weight is 469 g/mol. The highest BCUT2D eigenvalue weighted by Crippen LogP contribution is 2.31. The molecule has 8 heteroatoms. The molecule has 0 aliphatic carbocycles. The van der Waals surface area contributed by atoms with Crippen LogP contribution >= 0.6 is 11.3 Å². The maximum absolute atomic E-state index is 12.7. The van der Waals surface area contributed by atoms with Gasteiger partial charge in [-0.15, -0.1) is 11.3 Å². The fraction of sp³-hybridized carbons (Fsp3) is 0.440. The van der Waals surface area contributed by atoms with Gasteiger partial charge in [-0.1, -0.05) is 12.1 Å². The second-order valence-electron chi connectivity index (χ2n) is 8.41. The van der Waals surface area contributed by atoms with Crippen molar-refractivity contribution in [2.45, 2.75) is 25.9 Å². The highest BCUT2D eigenvalue weighted by molar-refractivity contribution is 7.18. The molecule has 4 rings (SSSR count). The molecule has 0 radical (unpaired) electrons. The molecule has 2 atom stereocenters. The third kappa shape index (κ3) is 5.46. The quantitative estimate of drug-likeness (QED) is 0.541. The molecule has 1 N–H and O–H groups in total. The van der Waals surface area contributed by atoms with Crippen LogP contribution in [0.3, 0.4) is 0 Å². The van der Waals surface area contributed by atoms with Gasteiger partial charge in [0.2, 0.25) is 5.91 Å². The zero-order valence-corrected chi connectivity index (χ0v) is 20.5. The van der Waals surface area contributed by atoms with E-state index in [2.05, 4.69) is 40.2 Å². The Hall–Kier alpha value is -2.68. The van der Waals surface area contributed by atoms with Crippen molar-refractivity contribution >= 4 is 27.5 Å². The first-order valence-electron chi connectivity index (χ1n) is 11.3. The van der Waals surface area contributed by atoms with Gasteiger partial charge in [-0.3, -0.25) is 14.6 Å². The van der Waals surface area contributed by atoms with Crippen LogP contribution in [0.15, 0.2) is 42.5 Å². The van der Waals surface area contributed by atoms with Gasteiger partial charge in [0.25, 0.3) is 0 Å². The molecule has 2 heterocycles. The minimum Gasteiger partial charge on any atom is -0.497 e. The van der Waals surface area contributed by atoms with E-state index in [1.807, 2.05) is 31.2 Å². The number of amides is 1. The van der Waals surface area contributed by atoms with Gasteiger partial charge in [-0.2, -0.15) is 0 Å². The number of rotatable bonds is 8. The number of carbonyl (C=O) groups is 1. The topological polar surface area (TPSA) is 66.9 Å². The van der Waals surface area contributed by atoms with E-state index < -0.39 is 0 Å². The van der Waals surface area contributed by atoms with Gasteiger partial charge in [0.05, 0.1) is 43.1 Å². The summed E-state index contributed by atoms with van der Waals surface area (Å²) in [6.07, 6.45) is 0. The molecule has 2 unspecified atom stereocenters. The van der Waals surface area contributed by atoms with Crippen LogP contribution in [0.1, 0.15) is 36.5 Å². The van der Waals surface area contributed by atoms with Crippen LogP contribution in [-0.2, 0) is 4.79 Å². The SMILES string of the molecule is COc1ccc(OC)c(C(C)NC(=O)CN2CCN(C(C)c3nc4ccccc4s3)CC2)c1. The standard InChI is InChI=1S/C25H32N4O3S/c1-17(20-15-19(31-3)9-10-22(20)32-4)26-24(30)16-28-11-13-29(14-12-28)18(2)25-27-21-7-5-6-8-23(21)33-25/h5-10,15,17-18H,11-14,16H2,1-4H3,(H,26,30). The Morgan fingerprint density at radius 2 is 1.85 bits per heavy atom. The summed E-state index contributed by atoms with van der Waals surface area (Å²) in [5.41, 5.74) is 1.97. The molecule has 1 aromatic heterocycles. The van der Waals surface area contributed by atoms with Crippen molar-refractivity contribution in [1.29, 1.82) is 0 Å². The first-order chi connectivity index (χ1) is 16.0. The van der Waals surface area contributed by atoms with Crippen LogP contribution in [0, 0.1) is 0 Å². The minimum absolute atomic E-state index is 0.0139. The lowest BCUT2D eigenvalue weighted by atomic mass is 10.1. The Kier molecular flexibility index (Phi) is 7.47. The minimum atomic E-state index is -0.178. The molecule has 3 aromatic rings. The van der Waals surface area contributed by atoms with Gasteiger partial charge >= 0.3 is 0 Å². The Balaban J connectivity index is 1.29. The van der Waals surface area contributed by atoms with E-state index in [4.69, 9.17) is 14.5 Å². The highest BCUT2D eigenvalue weighted by Gasteiger charge is 2.25. The third-order valence-electron chi connectivity index (χ3n) is 6.27. The molecule has 1 saturated heterocycles. The smallest absolute Gasteiger partial charge is 0.234 e. The number of carbonyl (C=O) groups excluding carboxylic acids is 1. The van der Waals surface area contributed by atoms with E-state index in [9.17, 15) is 4.79 Å². The second-order valence-corrected chi connectivity index (χ2v) is 9.47. The van der Waals surface area contributed by atoms with Crippen LogP contribution in [0.5, 0.6) is 11.5 Å². The van der Waals surface area contributed by atoms with Crippen molar-refractivity contribution in [2.24, 2.45) is 0 Å². The molecule has 2 aromatic carbocycles. The lowest BCUT2D eigenvalue weighted by Gasteiger charge is -2.37. The van der Waals surface area contributed by atoms with Gasteiger partial charge in [0.1, 0.15) is 16.5 Å². The van der Waals surface area contributed by atoms with Crippen LogP contribution in [-0.4, -0.2) is 67.6 Å². The summed E-state index contributed by atoms with van der Waals surface area (Å²) in [4.78, 5) is 22.2. The Bertz CT molecular complexity index is 1060. The van der Waals surface area contributed by atoms with Crippen molar-refractivity contribution in [1.82, 2.24) is 20.1 Å². The summed E-state index contributed by atoms with van der Waals surface area (Å²) < 4.78 is 12.0. The van der Waals surface area contributed by atoms with Crippen molar-refractivity contribution in [3.05, 3.63) is 53.0 Å². The maximum Gasteiger partial charge on any atom is 0.234 e. The molecule has 33 heavy (non-hydrogen) atoms. The van der Waals surface area contributed by atoms with E-state index in [1.165, 1.54) is 4.70 Å². The normalized spacial score (nSPS) is 17.0. The summed E-state index contributed by atoms with van der Waals surface area (Å²) in [7, 11) is 3.26. The van der Waals surface area contributed by atoms with Crippen molar-refractivity contribution in [3.63, 3.8) is 0 Å². The molecule has 0 spiro atoms. The van der Waals surface area contributed by atoms with Crippen LogP contribution in [0.4, 0.5) is 0 Å². The molecule has 0 bridgehead atoms.